The summed E-state index contributed by atoms with van der Waals surface area (Å²) in [4.78, 5) is 14.5. The number of ether oxygens (including phenoxy) is 2. The van der Waals surface area contributed by atoms with Crippen LogP contribution in [0.4, 0.5) is 5.69 Å². The topological polar surface area (TPSA) is 84.9 Å². The van der Waals surface area contributed by atoms with Gasteiger partial charge in [-0.3, -0.25) is 4.79 Å². The third-order valence-corrected chi connectivity index (χ3v) is 6.17. The number of benzene rings is 1. The molecule has 1 amide bonds. The van der Waals surface area contributed by atoms with E-state index in [2.05, 4.69) is 5.32 Å². The summed E-state index contributed by atoms with van der Waals surface area (Å²) in [5, 5.41) is 3.15. The van der Waals surface area contributed by atoms with Gasteiger partial charge in [-0.25, -0.2) is 8.42 Å². The number of hydrogen-bond acceptors (Lipinski definition) is 6. The fraction of sp³-hybridized carbons (Fsp3) is 0.588. The predicted molar refractivity (Wildman–Crippen MR) is 97.1 cm³/mol. The van der Waals surface area contributed by atoms with Crippen LogP contribution in [0.5, 0.6) is 11.5 Å². The van der Waals surface area contributed by atoms with Crippen molar-refractivity contribution in [2.45, 2.75) is 32.4 Å². The van der Waals surface area contributed by atoms with Crippen LogP contribution in [0.1, 0.15) is 20.3 Å². The van der Waals surface area contributed by atoms with E-state index in [9.17, 15) is 13.2 Å². The number of carbonyl (C=O) groups is 1. The minimum Gasteiger partial charge on any atom is -0.497 e. The molecule has 2 unspecified atom stereocenters. The minimum absolute atomic E-state index is 0.0468. The number of methoxy groups -OCH3 is 2. The summed E-state index contributed by atoms with van der Waals surface area (Å²) in [6.07, 6.45) is 0.500. The highest BCUT2D eigenvalue weighted by atomic mass is 32.2. The standard InChI is InChI=1S/C17H26N2O5S/c1-5-19(13-8-9-25(21,22)11-13)17(20)12(2)18-15-7-6-14(23-3)10-16(15)24-4/h6-7,10,12-13,18H,5,8-9,11H2,1-4H3. The summed E-state index contributed by atoms with van der Waals surface area (Å²) in [6.45, 7) is 4.10. The third-order valence-electron chi connectivity index (χ3n) is 4.42. The largest absolute Gasteiger partial charge is 0.497 e. The summed E-state index contributed by atoms with van der Waals surface area (Å²) < 4.78 is 33.9. The van der Waals surface area contributed by atoms with E-state index < -0.39 is 15.9 Å². The molecule has 25 heavy (non-hydrogen) atoms. The van der Waals surface area contributed by atoms with E-state index in [1.54, 1.807) is 44.2 Å². The quantitative estimate of drug-likeness (QED) is 0.784. The van der Waals surface area contributed by atoms with E-state index in [-0.39, 0.29) is 23.5 Å². The van der Waals surface area contributed by atoms with Gasteiger partial charge in [0, 0.05) is 18.7 Å². The zero-order valence-corrected chi connectivity index (χ0v) is 15.9. The molecule has 0 bridgehead atoms. The number of amides is 1. The zero-order valence-electron chi connectivity index (χ0n) is 15.1. The van der Waals surface area contributed by atoms with Gasteiger partial charge in [-0.15, -0.1) is 0 Å². The second-order valence-electron chi connectivity index (χ2n) is 6.11. The summed E-state index contributed by atoms with van der Waals surface area (Å²) >= 11 is 0. The maximum atomic E-state index is 12.8. The second kappa shape index (κ2) is 7.95. The third kappa shape index (κ3) is 4.56. The van der Waals surface area contributed by atoms with Crippen LogP contribution in [0.2, 0.25) is 0 Å². The van der Waals surface area contributed by atoms with Crippen LogP contribution >= 0.6 is 0 Å². The van der Waals surface area contributed by atoms with Gasteiger partial charge in [0.25, 0.3) is 0 Å². The van der Waals surface area contributed by atoms with E-state index in [4.69, 9.17) is 9.47 Å². The predicted octanol–water partition coefficient (Wildman–Crippen LogP) is 1.54. The van der Waals surface area contributed by atoms with Crippen LogP contribution in [0.25, 0.3) is 0 Å². The van der Waals surface area contributed by atoms with Crippen LogP contribution < -0.4 is 14.8 Å². The Balaban J connectivity index is 2.11. The van der Waals surface area contributed by atoms with E-state index in [1.807, 2.05) is 6.92 Å². The second-order valence-corrected chi connectivity index (χ2v) is 8.34. The highest BCUT2D eigenvalue weighted by Crippen LogP contribution is 2.30. The van der Waals surface area contributed by atoms with Gasteiger partial charge in [-0.1, -0.05) is 0 Å². The van der Waals surface area contributed by atoms with Gasteiger partial charge >= 0.3 is 0 Å². The number of likely N-dealkylation sites (N-methyl/N-ethyl adjacent to an activating group) is 1. The summed E-state index contributed by atoms with van der Waals surface area (Å²) in [7, 11) is 0.0868. The number of rotatable bonds is 7. The molecule has 1 aliphatic heterocycles. The van der Waals surface area contributed by atoms with Gasteiger partial charge in [0.1, 0.15) is 17.5 Å². The molecular formula is C17H26N2O5S. The smallest absolute Gasteiger partial charge is 0.245 e. The van der Waals surface area contributed by atoms with E-state index in [1.165, 1.54) is 0 Å². The Kier molecular flexibility index (Phi) is 6.16. The average molecular weight is 370 g/mol. The Hall–Kier alpha value is -1.96. The van der Waals surface area contributed by atoms with Crippen LogP contribution in [-0.4, -0.2) is 63.6 Å². The summed E-state index contributed by atoms with van der Waals surface area (Å²) in [6, 6.07) is 4.55. The van der Waals surface area contributed by atoms with Gasteiger partial charge in [-0.05, 0) is 32.4 Å². The maximum absolute atomic E-state index is 12.8. The zero-order chi connectivity index (χ0) is 18.6. The van der Waals surface area contributed by atoms with E-state index in [0.717, 1.165) is 0 Å². The molecule has 0 radical (unpaired) electrons. The SMILES string of the molecule is CCN(C(=O)C(C)Nc1ccc(OC)cc1OC)C1CCS(=O)(=O)C1. The molecule has 1 fully saturated rings. The number of nitrogens with zero attached hydrogens (tertiary/aromatic N) is 1. The number of sulfone groups is 1. The van der Waals surface area contributed by atoms with E-state index >= 15 is 0 Å². The Morgan fingerprint density at radius 2 is 2.08 bits per heavy atom. The van der Waals surface area contributed by atoms with Crippen molar-refractivity contribution in [2.24, 2.45) is 0 Å². The van der Waals surface area contributed by atoms with Gasteiger partial charge in [0.15, 0.2) is 9.84 Å². The van der Waals surface area contributed by atoms with Crippen LogP contribution in [-0.2, 0) is 14.6 Å². The number of nitrogens with one attached hydrogen (secondary N) is 1. The Bertz CT molecular complexity index is 720. The van der Waals surface area contributed by atoms with Crippen molar-refractivity contribution in [3.8, 4) is 11.5 Å². The number of anilines is 1. The summed E-state index contributed by atoms with van der Waals surface area (Å²) in [5.74, 6) is 1.31. The molecule has 0 aromatic heterocycles. The lowest BCUT2D eigenvalue weighted by Gasteiger charge is -2.30. The molecule has 0 aliphatic carbocycles. The Labute approximate surface area is 149 Å². The van der Waals surface area contributed by atoms with Gasteiger partial charge in [0.05, 0.1) is 31.4 Å². The highest BCUT2D eigenvalue weighted by molar-refractivity contribution is 7.91. The molecule has 1 aromatic carbocycles. The van der Waals surface area contributed by atoms with Crippen molar-refractivity contribution >= 4 is 21.4 Å². The molecule has 1 saturated heterocycles. The van der Waals surface area contributed by atoms with Crippen molar-refractivity contribution in [3.63, 3.8) is 0 Å². The number of hydrogen-bond donors (Lipinski definition) is 1. The van der Waals surface area contributed by atoms with Gasteiger partial charge < -0.3 is 19.7 Å². The fourth-order valence-electron chi connectivity index (χ4n) is 3.08. The van der Waals surface area contributed by atoms with Crippen molar-refractivity contribution in [3.05, 3.63) is 18.2 Å². The molecule has 1 aromatic rings. The lowest BCUT2D eigenvalue weighted by molar-refractivity contribution is -0.133. The number of carbonyl (C=O) groups excluding carboxylic acids is 1. The van der Waals surface area contributed by atoms with E-state index in [0.29, 0.717) is 30.2 Å². The highest BCUT2D eigenvalue weighted by Gasteiger charge is 2.35. The molecule has 140 valence electrons. The van der Waals surface area contributed by atoms with Crippen molar-refractivity contribution in [1.82, 2.24) is 4.90 Å². The molecule has 2 atom stereocenters. The summed E-state index contributed by atoms with van der Waals surface area (Å²) in [5.41, 5.74) is 0.680. The molecule has 8 heteroatoms. The Morgan fingerprint density at radius 1 is 1.36 bits per heavy atom. The molecule has 1 N–H and O–H groups in total. The first-order valence-corrected chi connectivity index (χ1v) is 10.1. The first-order chi connectivity index (χ1) is 11.8. The minimum atomic E-state index is -3.04. The molecule has 0 saturated carbocycles. The lowest BCUT2D eigenvalue weighted by Crippen LogP contribution is -2.47. The van der Waals surface area contributed by atoms with Crippen LogP contribution in [0.3, 0.4) is 0 Å². The lowest BCUT2D eigenvalue weighted by atomic mass is 10.1. The van der Waals surface area contributed by atoms with Crippen molar-refractivity contribution < 1.29 is 22.7 Å². The molecular weight excluding hydrogens is 344 g/mol. The normalized spacial score (nSPS) is 19.9. The monoisotopic (exact) mass is 370 g/mol. The molecule has 1 aliphatic rings. The molecule has 2 rings (SSSR count). The van der Waals surface area contributed by atoms with Crippen molar-refractivity contribution in [1.29, 1.82) is 0 Å². The average Bonchev–Trinajstić information content (AvgIpc) is 2.95. The Morgan fingerprint density at radius 3 is 2.60 bits per heavy atom. The van der Waals surface area contributed by atoms with Gasteiger partial charge in [0.2, 0.25) is 5.91 Å². The fourth-order valence-corrected chi connectivity index (χ4v) is 4.81. The first kappa shape index (κ1) is 19.4. The first-order valence-electron chi connectivity index (χ1n) is 8.30. The molecule has 1 heterocycles. The molecule has 0 spiro atoms. The van der Waals surface area contributed by atoms with Crippen molar-refractivity contribution in [2.75, 3.05) is 37.6 Å². The maximum Gasteiger partial charge on any atom is 0.245 e. The van der Waals surface area contributed by atoms with Gasteiger partial charge in [-0.2, -0.15) is 0 Å². The molecule has 7 nitrogen and oxygen atoms in total. The van der Waals surface area contributed by atoms with Crippen LogP contribution in [0.15, 0.2) is 18.2 Å². The van der Waals surface area contributed by atoms with Crippen LogP contribution in [0, 0.1) is 0 Å².